The van der Waals surface area contributed by atoms with Crippen LogP contribution in [0.4, 0.5) is 4.39 Å². The fourth-order valence-corrected chi connectivity index (χ4v) is 2.39. The van der Waals surface area contributed by atoms with E-state index in [0.29, 0.717) is 6.54 Å². The van der Waals surface area contributed by atoms with Gasteiger partial charge in [0.05, 0.1) is 5.56 Å². The van der Waals surface area contributed by atoms with E-state index in [1.807, 2.05) is 6.92 Å². The van der Waals surface area contributed by atoms with Gasteiger partial charge in [-0.3, -0.25) is 4.79 Å². The molecule has 0 spiro atoms. The Morgan fingerprint density at radius 3 is 2.89 bits per heavy atom. The van der Waals surface area contributed by atoms with Crippen molar-refractivity contribution in [2.24, 2.45) is 0 Å². The van der Waals surface area contributed by atoms with Crippen LogP contribution >= 0.6 is 0 Å². The predicted octanol–water partition coefficient (Wildman–Crippen LogP) is 2.04. The molecule has 3 nitrogen and oxygen atoms in total. The standard InChI is InChI=1S/C14H19FN2O/c1-2-9-17(11-7-8-16-10-11)14(18)12-5-3-4-6-13(12)15/h3-6,11,16H,2,7-10H2,1H3. The van der Waals surface area contributed by atoms with E-state index in [-0.39, 0.29) is 17.5 Å². The van der Waals surface area contributed by atoms with Gasteiger partial charge in [0.25, 0.3) is 5.91 Å². The van der Waals surface area contributed by atoms with Crippen molar-refractivity contribution in [3.8, 4) is 0 Å². The molecule has 1 aliphatic heterocycles. The first-order chi connectivity index (χ1) is 8.74. The highest BCUT2D eigenvalue weighted by Crippen LogP contribution is 2.16. The number of hydrogen-bond donors (Lipinski definition) is 1. The quantitative estimate of drug-likeness (QED) is 0.887. The van der Waals surface area contributed by atoms with Crippen LogP contribution in [-0.2, 0) is 0 Å². The molecule has 0 bridgehead atoms. The van der Waals surface area contributed by atoms with Crippen LogP contribution in [0, 0.1) is 5.82 Å². The molecule has 2 rings (SSSR count). The van der Waals surface area contributed by atoms with Gasteiger partial charge in [-0.1, -0.05) is 19.1 Å². The van der Waals surface area contributed by atoms with Gasteiger partial charge in [0.15, 0.2) is 0 Å². The lowest BCUT2D eigenvalue weighted by atomic mass is 10.1. The first-order valence-electron chi connectivity index (χ1n) is 6.50. The second-order valence-electron chi connectivity index (χ2n) is 4.63. The fourth-order valence-electron chi connectivity index (χ4n) is 2.39. The van der Waals surface area contributed by atoms with Gasteiger partial charge < -0.3 is 10.2 Å². The fraction of sp³-hybridized carbons (Fsp3) is 0.500. The van der Waals surface area contributed by atoms with Crippen molar-refractivity contribution in [3.63, 3.8) is 0 Å². The highest BCUT2D eigenvalue weighted by Gasteiger charge is 2.27. The number of rotatable bonds is 4. The smallest absolute Gasteiger partial charge is 0.257 e. The largest absolute Gasteiger partial charge is 0.334 e. The maximum atomic E-state index is 13.7. The molecule has 1 aromatic rings. The van der Waals surface area contributed by atoms with Crippen molar-refractivity contribution in [1.82, 2.24) is 10.2 Å². The Hall–Kier alpha value is -1.42. The molecule has 1 aromatic carbocycles. The SMILES string of the molecule is CCCN(C(=O)c1ccccc1F)C1CCNC1. The molecule has 1 saturated heterocycles. The molecule has 1 atom stereocenters. The summed E-state index contributed by atoms with van der Waals surface area (Å²) in [6, 6.07) is 6.39. The summed E-state index contributed by atoms with van der Waals surface area (Å²) in [6.07, 6.45) is 1.83. The topological polar surface area (TPSA) is 32.3 Å². The summed E-state index contributed by atoms with van der Waals surface area (Å²) in [5.41, 5.74) is 0.179. The van der Waals surface area contributed by atoms with Gasteiger partial charge in [0, 0.05) is 19.1 Å². The van der Waals surface area contributed by atoms with Crippen LogP contribution in [0.25, 0.3) is 0 Å². The molecule has 1 unspecified atom stereocenters. The molecule has 0 radical (unpaired) electrons. The molecule has 1 aliphatic rings. The van der Waals surface area contributed by atoms with Gasteiger partial charge in [0.1, 0.15) is 5.82 Å². The average Bonchev–Trinajstić information content (AvgIpc) is 2.89. The molecule has 1 N–H and O–H groups in total. The second kappa shape index (κ2) is 5.96. The van der Waals surface area contributed by atoms with E-state index >= 15 is 0 Å². The van der Waals surface area contributed by atoms with E-state index in [2.05, 4.69) is 5.32 Å². The monoisotopic (exact) mass is 250 g/mol. The highest BCUT2D eigenvalue weighted by molar-refractivity contribution is 5.94. The normalized spacial score (nSPS) is 18.9. The van der Waals surface area contributed by atoms with E-state index < -0.39 is 5.82 Å². The minimum absolute atomic E-state index is 0.179. The van der Waals surface area contributed by atoms with Gasteiger partial charge in [0.2, 0.25) is 0 Å². The van der Waals surface area contributed by atoms with Crippen LogP contribution < -0.4 is 5.32 Å². The lowest BCUT2D eigenvalue weighted by molar-refractivity contribution is 0.0687. The van der Waals surface area contributed by atoms with Crippen molar-refractivity contribution < 1.29 is 9.18 Å². The molecule has 1 amide bonds. The first-order valence-corrected chi connectivity index (χ1v) is 6.50. The van der Waals surface area contributed by atoms with Crippen LogP contribution in [0.5, 0.6) is 0 Å². The number of benzene rings is 1. The van der Waals surface area contributed by atoms with Gasteiger partial charge in [-0.2, -0.15) is 0 Å². The van der Waals surface area contributed by atoms with Crippen molar-refractivity contribution in [2.45, 2.75) is 25.8 Å². The highest BCUT2D eigenvalue weighted by atomic mass is 19.1. The molecule has 0 aliphatic carbocycles. The molecular formula is C14H19FN2O. The summed E-state index contributed by atoms with van der Waals surface area (Å²) < 4.78 is 13.7. The number of carbonyl (C=O) groups excluding carboxylic acids is 1. The third-order valence-corrected chi connectivity index (χ3v) is 3.30. The summed E-state index contributed by atoms with van der Waals surface area (Å²) >= 11 is 0. The third kappa shape index (κ3) is 2.70. The average molecular weight is 250 g/mol. The minimum Gasteiger partial charge on any atom is -0.334 e. The van der Waals surface area contributed by atoms with E-state index in [1.54, 1.807) is 23.1 Å². The molecule has 1 fully saturated rings. The Kier molecular flexibility index (Phi) is 4.31. The van der Waals surface area contributed by atoms with E-state index in [4.69, 9.17) is 0 Å². The lowest BCUT2D eigenvalue weighted by Crippen LogP contribution is -2.42. The number of nitrogens with one attached hydrogen (secondary N) is 1. The molecule has 0 aromatic heterocycles. The van der Waals surface area contributed by atoms with Crippen molar-refractivity contribution in [3.05, 3.63) is 35.6 Å². The van der Waals surface area contributed by atoms with Crippen molar-refractivity contribution in [1.29, 1.82) is 0 Å². The molecule has 98 valence electrons. The number of hydrogen-bond acceptors (Lipinski definition) is 2. The van der Waals surface area contributed by atoms with Crippen LogP contribution in [0.3, 0.4) is 0 Å². The van der Waals surface area contributed by atoms with Crippen molar-refractivity contribution in [2.75, 3.05) is 19.6 Å². The molecular weight excluding hydrogens is 231 g/mol. The number of halogens is 1. The van der Waals surface area contributed by atoms with Gasteiger partial charge >= 0.3 is 0 Å². The Bertz CT molecular complexity index is 416. The maximum Gasteiger partial charge on any atom is 0.257 e. The van der Waals surface area contributed by atoms with E-state index in [0.717, 1.165) is 25.9 Å². The third-order valence-electron chi connectivity index (χ3n) is 3.30. The van der Waals surface area contributed by atoms with Gasteiger partial charge in [-0.25, -0.2) is 4.39 Å². The van der Waals surface area contributed by atoms with Crippen LogP contribution in [-0.4, -0.2) is 36.5 Å². The van der Waals surface area contributed by atoms with Gasteiger partial charge in [-0.05, 0) is 31.5 Å². The zero-order valence-electron chi connectivity index (χ0n) is 10.7. The zero-order valence-corrected chi connectivity index (χ0v) is 10.7. The van der Waals surface area contributed by atoms with Crippen molar-refractivity contribution >= 4 is 5.91 Å². The Morgan fingerprint density at radius 1 is 1.50 bits per heavy atom. The summed E-state index contributed by atoms with van der Waals surface area (Å²) in [5.74, 6) is -0.627. The summed E-state index contributed by atoms with van der Waals surface area (Å²) in [4.78, 5) is 14.2. The number of amides is 1. The molecule has 0 saturated carbocycles. The Balaban J connectivity index is 2.20. The van der Waals surface area contributed by atoms with Crippen LogP contribution in [0.1, 0.15) is 30.1 Å². The Labute approximate surface area is 107 Å². The van der Waals surface area contributed by atoms with E-state index in [9.17, 15) is 9.18 Å². The first kappa shape index (κ1) is 13.0. The minimum atomic E-state index is -0.436. The lowest BCUT2D eigenvalue weighted by Gasteiger charge is -2.28. The van der Waals surface area contributed by atoms with Gasteiger partial charge in [-0.15, -0.1) is 0 Å². The van der Waals surface area contributed by atoms with E-state index in [1.165, 1.54) is 6.07 Å². The molecule has 4 heteroatoms. The molecule has 1 heterocycles. The summed E-state index contributed by atoms with van der Waals surface area (Å²) in [7, 11) is 0. The number of nitrogens with zero attached hydrogens (tertiary/aromatic N) is 1. The van der Waals surface area contributed by atoms with Crippen LogP contribution in [0.15, 0.2) is 24.3 Å². The summed E-state index contributed by atoms with van der Waals surface area (Å²) in [5, 5.41) is 3.24. The van der Waals surface area contributed by atoms with Crippen LogP contribution in [0.2, 0.25) is 0 Å². The predicted molar refractivity (Wildman–Crippen MR) is 69.0 cm³/mol. The Morgan fingerprint density at radius 2 is 2.28 bits per heavy atom. The second-order valence-corrected chi connectivity index (χ2v) is 4.63. The maximum absolute atomic E-state index is 13.7. The number of carbonyl (C=O) groups is 1. The summed E-state index contributed by atoms with van der Waals surface area (Å²) in [6.45, 7) is 4.44. The molecule has 18 heavy (non-hydrogen) atoms. The zero-order chi connectivity index (χ0) is 13.0.